The Kier molecular flexibility index (Phi) is 4.73. The zero-order chi connectivity index (χ0) is 13.0. The molecule has 0 bridgehead atoms. The summed E-state index contributed by atoms with van der Waals surface area (Å²) < 4.78 is 41.3. The second-order valence-corrected chi connectivity index (χ2v) is 2.83. The van der Waals surface area contributed by atoms with E-state index in [0.29, 0.717) is 0 Å². The molecule has 0 rings (SSSR count). The number of hydrogen-bond acceptors (Lipinski definition) is 4. The smallest absolute Gasteiger partial charge is 0.448 e. The highest BCUT2D eigenvalue weighted by Gasteiger charge is 2.62. The zero-order valence-corrected chi connectivity index (χ0v) is 8.72. The number of halogens is 3. The summed E-state index contributed by atoms with van der Waals surface area (Å²) in [6.45, 7) is 2.20. The first-order chi connectivity index (χ1) is 7.19. The molecule has 0 saturated heterocycles. The van der Waals surface area contributed by atoms with Crippen LogP contribution in [0.2, 0.25) is 0 Å². The Balaban J connectivity index is 5.04. The van der Waals surface area contributed by atoms with Gasteiger partial charge in [0.1, 0.15) is 0 Å². The lowest BCUT2D eigenvalue weighted by Gasteiger charge is -2.28. The molecule has 0 radical (unpaired) electrons. The van der Waals surface area contributed by atoms with Crippen molar-refractivity contribution in [1.82, 2.24) is 5.32 Å². The van der Waals surface area contributed by atoms with Gasteiger partial charge in [-0.3, -0.25) is 4.79 Å². The summed E-state index contributed by atoms with van der Waals surface area (Å²) in [5, 5.41) is 10.3. The van der Waals surface area contributed by atoms with Crippen molar-refractivity contribution in [2.24, 2.45) is 0 Å². The molecule has 0 aliphatic heterocycles. The Hall–Kier alpha value is -1.31. The quantitative estimate of drug-likeness (QED) is 0.551. The van der Waals surface area contributed by atoms with Gasteiger partial charge in [-0.15, -0.1) is 0 Å². The average molecular weight is 243 g/mol. The van der Waals surface area contributed by atoms with E-state index < -0.39 is 23.8 Å². The van der Waals surface area contributed by atoms with E-state index in [1.807, 2.05) is 0 Å². The van der Waals surface area contributed by atoms with Gasteiger partial charge in [-0.1, -0.05) is 6.92 Å². The zero-order valence-electron chi connectivity index (χ0n) is 8.72. The number of rotatable bonds is 4. The van der Waals surface area contributed by atoms with E-state index in [2.05, 4.69) is 4.74 Å². The summed E-state index contributed by atoms with van der Waals surface area (Å²) in [5.41, 5.74) is -3.99. The lowest BCUT2D eigenvalue weighted by molar-refractivity contribution is -0.271. The third-order valence-electron chi connectivity index (χ3n) is 1.62. The molecule has 5 nitrogen and oxygen atoms in total. The number of nitrogens with one attached hydrogen (secondary N) is 1. The van der Waals surface area contributed by atoms with E-state index in [-0.39, 0.29) is 13.0 Å². The minimum absolute atomic E-state index is 0.308. The molecule has 0 fully saturated rings. The van der Waals surface area contributed by atoms with Crippen LogP contribution in [0, 0.1) is 0 Å². The predicted molar refractivity (Wildman–Crippen MR) is 46.1 cm³/mol. The Bertz CT molecular complexity index is 279. The van der Waals surface area contributed by atoms with Crippen molar-refractivity contribution >= 4 is 11.9 Å². The highest BCUT2D eigenvalue weighted by molar-refractivity contribution is 5.87. The van der Waals surface area contributed by atoms with Gasteiger partial charge < -0.3 is 15.2 Å². The molecule has 0 aromatic carbocycles. The maximum Gasteiger partial charge on any atom is 0.448 e. The monoisotopic (exact) mass is 243 g/mol. The Morgan fingerprint density at radius 3 is 2.12 bits per heavy atom. The summed E-state index contributed by atoms with van der Waals surface area (Å²) in [5.74, 6) is -3.07. The molecule has 8 heteroatoms. The van der Waals surface area contributed by atoms with Gasteiger partial charge in [-0.2, -0.15) is 13.2 Å². The van der Waals surface area contributed by atoms with Gasteiger partial charge in [0.15, 0.2) is 0 Å². The second kappa shape index (κ2) is 5.15. The maximum absolute atomic E-state index is 12.4. The minimum atomic E-state index is -5.34. The molecule has 0 aliphatic carbocycles. The Morgan fingerprint density at radius 1 is 1.31 bits per heavy atom. The standard InChI is InChI=1S/C8H12F3NO4/c1-3-5(13)12-7(15,8(9,10)11)6(14)16-4-2/h15H,3-4H2,1-2H3,(H,12,13)/t7-/m1/s1. The van der Waals surface area contributed by atoms with Crippen LogP contribution in [-0.2, 0) is 14.3 Å². The van der Waals surface area contributed by atoms with Crippen molar-refractivity contribution in [1.29, 1.82) is 0 Å². The number of amides is 1. The second-order valence-electron chi connectivity index (χ2n) is 2.83. The SMILES string of the molecule is CCOC(=O)[C@](O)(NC(=O)CC)C(F)(F)F. The van der Waals surface area contributed by atoms with E-state index in [1.54, 1.807) is 0 Å². The van der Waals surface area contributed by atoms with Gasteiger partial charge in [0.2, 0.25) is 5.91 Å². The lowest BCUT2D eigenvalue weighted by Crippen LogP contribution is -2.64. The van der Waals surface area contributed by atoms with E-state index in [0.717, 1.165) is 0 Å². The Labute approximate surface area is 89.6 Å². The van der Waals surface area contributed by atoms with Gasteiger partial charge in [-0.25, -0.2) is 4.79 Å². The van der Waals surface area contributed by atoms with E-state index >= 15 is 0 Å². The number of esters is 1. The van der Waals surface area contributed by atoms with Crippen molar-refractivity contribution in [3.05, 3.63) is 0 Å². The van der Waals surface area contributed by atoms with Crippen LogP contribution in [0.15, 0.2) is 0 Å². The molecule has 1 amide bonds. The molecule has 0 spiro atoms. The van der Waals surface area contributed by atoms with Crippen LogP contribution < -0.4 is 5.32 Å². The molecule has 0 aliphatic rings. The summed E-state index contributed by atoms with van der Waals surface area (Å²) >= 11 is 0. The van der Waals surface area contributed by atoms with Crippen molar-refractivity contribution in [3.8, 4) is 0 Å². The van der Waals surface area contributed by atoms with Crippen LogP contribution in [0.3, 0.4) is 0 Å². The van der Waals surface area contributed by atoms with Crippen LogP contribution in [-0.4, -0.2) is 35.5 Å². The molecular weight excluding hydrogens is 231 g/mol. The number of carbonyl (C=O) groups is 2. The molecule has 2 N–H and O–H groups in total. The summed E-state index contributed by atoms with van der Waals surface area (Å²) in [6.07, 6.45) is -5.65. The molecular formula is C8H12F3NO4. The van der Waals surface area contributed by atoms with Crippen molar-refractivity contribution in [3.63, 3.8) is 0 Å². The topological polar surface area (TPSA) is 75.6 Å². The first-order valence-electron chi connectivity index (χ1n) is 4.46. The first kappa shape index (κ1) is 14.7. The number of carbonyl (C=O) groups excluding carboxylic acids is 2. The van der Waals surface area contributed by atoms with Crippen molar-refractivity contribution in [2.45, 2.75) is 32.2 Å². The van der Waals surface area contributed by atoms with Gasteiger partial charge in [0, 0.05) is 6.42 Å². The largest absolute Gasteiger partial charge is 0.462 e. The Morgan fingerprint density at radius 2 is 1.81 bits per heavy atom. The van der Waals surface area contributed by atoms with Crippen LogP contribution in [0.5, 0.6) is 0 Å². The summed E-state index contributed by atoms with van der Waals surface area (Å²) in [6, 6.07) is 0. The van der Waals surface area contributed by atoms with Crippen LogP contribution in [0.4, 0.5) is 13.2 Å². The van der Waals surface area contributed by atoms with E-state index in [1.165, 1.54) is 19.2 Å². The fraction of sp³-hybridized carbons (Fsp3) is 0.750. The molecule has 94 valence electrons. The number of hydrogen-bond donors (Lipinski definition) is 2. The highest BCUT2D eigenvalue weighted by Crippen LogP contribution is 2.29. The predicted octanol–water partition coefficient (Wildman–Crippen LogP) is 0.327. The van der Waals surface area contributed by atoms with Gasteiger partial charge >= 0.3 is 17.9 Å². The summed E-state index contributed by atoms with van der Waals surface area (Å²) in [7, 11) is 0. The van der Waals surface area contributed by atoms with E-state index in [9.17, 15) is 22.8 Å². The maximum atomic E-state index is 12.4. The lowest BCUT2D eigenvalue weighted by atomic mass is 10.2. The molecule has 0 heterocycles. The van der Waals surface area contributed by atoms with Crippen LogP contribution >= 0.6 is 0 Å². The van der Waals surface area contributed by atoms with Crippen molar-refractivity contribution in [2.75, 3.05) is 6.61 Å². The number of alkyl halides is 3. The molecule has 0 saturated carbocycles. The van der Waals surface area contributed by atoms with E-state index in [4.69, 9.17) is 5.11 Å². The number of ether oxygens (including phenoxy) is 1. The van der Waals surface area contributed by atoms with Gasteiger partial charge in [-0.05, 0) is 6.92 Å². The normalized spacial score (nSPS) is 15.1. The molecule has 0 unspecified atom stereocenters. The van der Waals surface area contributed by atoms with Gasteiger partial charge in [0.05, 0.1) is 6.61 Å². The van der Waals surface area contributed by atoms with Crippen LogP contribution in [0.1, 0.15) is 20.3 Å². The number of aliphatic hydroxyl groups is 1. The molecule has 0 aromatic heterocycles. The highest BCUT2D eigenvalue weighted by atomic mass is 19.4. The van der Waals surface area contributed by atoms with Crippen molar-refractivity contribution < 1.29 is 32.6 Å². The van der Waals surface area contributed by atoms with Gasteiger partial charge in [0.25, 0.3) is 0 Å². The fourth-order valence-corrected chi connectivity index (χ4v) is 0.763. The average Bonchev–Trinajstić information content (AvgIpc) is 2.16. The molecule has 0 aromatic rings. The first-order valence-corrected chi connectivity index (χ1v) is 4.46. The third kappa shape index (κ3) is 3.09. The fourth-order valence-electron chi connectivity index (χ4n) is 0.763. The van der Waals surface area contributed by atoms with Crippen LogP contribution in [0.25, 0.3) is 0 Å². The molecule has 1 atom stereocenters. The minimum Gasteiger partial charge on any atom is -0.462 e. The third-order valence-corrected chi connectivity index (χ3v) is 1.62. The molecule has 16 heavy (non-hydrogen) atoms. The summed E-state index contributed by atoms with van der Waals surface area (Å²) in [4.78, 5) is 21.8.